The molecule has 190 valence electrons. The Morgan fingerprint density at radius 2 is 1.86 bits per heavy atom. The van der Waals surface area contributed by atoms with Crippen molar-refractivity contribution in [3.63, 3.8) is 0 Å². The highest BCUT2D eigenvalue weighted by molar-refractivity contribution is 5.96. The van der Waals surface area contributed by atoms with Crippen molar-refractivity contribution in [2.24, 2.45) is 10.9 Å². The van der Waals surface area contributed by atoms with Crippen LogP contribution >= 0.6 is 0 Å². The van der Waals surface area contributed by atoms with Gasteiger partial charge in [-0.1, -0.05) is 26.8 Å². The molecule has 3 rings (SSSR count). The Morgan fingerprint density at radius 3 is 2.43 bits per heavy atom. The van der Waals surface area contributed by atoms with Crippen LogP contribution in [0.4, 0.5) is 23.7 Å². The van der Waals surface area contributed by atoms with Crippen molar-refractivity contribution >= 4 is 17.9 Å². The quantitative estimate of drug-likeness (QED) is 0.502. The zero-order chi connectivity index (χ0) is 26.1. The lowest BCUT2D eigenvalue weighted by Gasteiger charge is -2.25. The van der Waals surface area contributed by atoms with Crippen molar-refractivity contribution in [2.45, 2.75) is 51.0 Å². The van der Waals surface area contributed by atoms with Crippen LogP contribution in [0.1, 0.15) is 55.2 Å². The third-order valence-electron chi connectivity index (χ3n) is 5.95. The number of benzene rings is 2. The monoisotopic (exact) mass is 494 g/mol. The van der Waals surface area contributed by atoms with Crippen molar-refractivity contribution < 1.29 is 37.7 Å². The van der Waals surface area contributed by atoms with Crippen LogP contribution in [0.15, 0.2) is 35.3 Å². The zero-order valence-corrected chi connectivity index (χ0v) is 20.1. The molecule has 0 bridgehead atoms. The first-order valence-electron chi connectivity index (χ1n) is 10.9. The van der Waals surface area contributed by atoms with Crippen molar-refractivity contribution in [1.29, 1.82) is 0 Å². The van der Waals surface area contributed by atoms with Crippen LogP contribution < -0.4 is 14.8 Å². The molecule has 3 N–H and O–H groups in total. The highest BCUT2D eigenvalue weighted by Crippen LogP contribution is 2.43. The second kappa shape index (κ2) is 9.87. The number of nitrogens with one attached hydrogen (secondary N) is 1. The van der Waals surface area contributed by atoms with Gasteiger partial charge in [0.2, 0.25) is 0 Å². The summed E-state index contributed by atoms with van der Waals surface area (Å²) in [6.07, 6.45) is -6.84. The summed E-state index contributed by atoms with van der Waals surface area (Å²) in [6, 6.07) is 7.14. The number of fused-ring (bicyclic) bond motifs is 1. The number of aliphatic imine (C=N–C) groups is 1. The fraction of sp³-hybridized carbons (Fsp3) is 0.440. The number of alkyl halides is 3. The molecular formula is C25H29F3N2O5. The average molecular weight is 495 g/mol. The molecule has 0 saturated carbocycles. The molecule has 0 heterocycles. The number of carbonyl (C=O) groups is 1. The van der Waals surface area contributed by atoms with Crippen molar-refractivity contribution in [1.82, 2.24) is 0 Å². The molecule has 2 aromatic rings. The van der Waals surface area contributed by atoms with Crippen LogP contribution in [0.25, 0.3) is 0 Å². The summed E-state index contributed by atoms with van der Waals surface area (Å²) in [7, 11) is 2.69. The van der Waals surface area contributed by atoms with E-state index in [0.717, 1.165) is 12.7 Å². The van der Waals surface area contributed by atoms with E-state index in [2.05, 4.69) is 10.3 Å². The molecule has 2 amide bonds. The first-order valence-corrected chi connectivity index (χ1v) is 10.9. The number of aliphatic hydroxyl groups is 2. The average Bonchev–Trinajstić information content (AvgIpc) is 3.10. The predicted molar refractivity (Wildman–Crippen MR) is 125 cm³/mol. The predicted octanol–water partition coefficient (Wildman–Crippen LogP) is 5.11. The van der Waals surface area contributed by atoms with Gasteiger partial charge in [-0.05, 0) is 52.8 Å². The molecule has 0 aliphatic heterocycles. The van der Waals surface area contributed by atoms with Gasteiger partial charge >= 0.3 is 12.2 Å². The molecule has 0 fully saturated rings. The molecule has 7 nitrogen and oxygen atoms in total. The summed E-state index contributed by atoms with van der Waals surface area (Å²) in [5, 5.41) is 23.0. The maximum Gasteiger partial charge on any atom is 0.418 e. The number of halogens is 3. The number of hydrogen-bond donors (Lipinski definition) is 3. The van der Waals surface area contributed by atoms with Gasteiger partial charge in [0, 0.05) is 17.7 Å². The van der Waals surface area contributed by atoms with E-state index in [1.165, 1.54) is 18.3 Å². The molecule has 0 aromatic heterocycles. The molecule has 3 atom stereocenters. The van der Waals surface area contributed by atoms with Gasteiger partial charge < -0.3 is 25.0 Å². The third-order valence-corrected chi connectivity index (χ3v) is 5.95. The molecule has 35 heavy (non-hydrogen) atoms. The Kier molecular flexibility index (Phi) is 7.47. The van der Waals surface area contributed by atoms with E-state index in [1.54, 1.807) is 40.0 Å². The standard InChI is InChI=1S/C25H29F3N2O5/c1-24(2,3)15-10-18(22(32)25(26,27)28)21(35-5)19(11-15)30-23(33)29-12-14-8-13-9-16(34-4)6-7-17(13)20(14)31/h6-7,9-12,14,20,22,31-32H,8H2,1-5H3,(H,30,33)/b29-12+/t14?,20-,22+/m0/s1. The maximum atomic E-state index is 13.3. The molecule has 1 aliphatic carbocycles. The molecule has 0 radical (unpaired) electrons. The lowest BCUT2D eigenvalue weighted by atomic mass is 9.84. The van der Waals surface area contributed by atoms with Crippen molar-refractivity contribution in [3.05, 3.63) is 52.6 Å². The number of hydrogen-bond acceptors (Lipinski definition) is 5. The molecule has 10 heteroatoms. The SMILES string of the molecule is COc1ccc2c(c1)CC(/C=N/C(=O)Nc1cc(C(C)(C)C)cc([C@@H](O)C(F)(F)F)c1OC)[C@@H]2O. The number of aliphatic hydroxyl groups excluding tert-OH is 2. The molecule has 1 aliphatic rings. The van der Waals surface area contributed by atoms with Crippen molar-refractivity contribution in [2.75, 3.05) is 19.5 Å². The molecule has 0 saturated heterocycles. The lowest BCUT2D eigenvalue weighted by Crippen LogP contribution is -2.23. The van der Waals surface area contributed by atoms with E-state index in [4.69, 9.17) is 9.47 Å². The minimum atomic E-state index is -4.93. The summed E-state index contributed by atoms with van der Waals surface area (Å²) >= 11 is 0. The lowest BCUT2D eigenvalue weighted by molar-refractivity contribution is -0.207. The van der Waals surface area contributed by atoms with E-state index in [1.807, 2.05) is 6.07 Å². The Bertz CT molecular complexity index is 1130. The van der Waals surface area contributed by atoms with Gasteiger partial charge in [-0.15, -0.1) is 0 Å². The van der Waals surface area contributed by atoms with Crippen molar-refractivity contribution in [3.8, 4) is 11.5 Å². The number of amides is 2. The highest BCUT2D eigenvalue weighted by Gasteiger charge is 2.42. The molecular weight excluding hydrogens is 465 g/mol. The Morgan fingerprint density at radius 1 is 1.17 bits per heavy atom. The number of rotatable bonds is 5. The largest absolute Gasteiger partial charge is 0.497 e. The molecule has 2 aromatic carbocycles. The summed E-state index contributed by atoms with van der Waals surface area (Å²) in [4.78, 5) is 16.5. The van der Waals surface area contributed by atoms with Crippen LogP contribution in [-0.2, 0) is 11.8 Å². The van der Waals surface area contributed by atoms with Gasteiger partial charge in [0.15, 0.2) is 6.10 Å². The first kappa shape index (κ1) is 26.5. The van der Waals surface area contributed by atoms with Gasteiger partial charge in [-0.25, -0.2) is 9.79 Å². The maximum absolute atomic E-state index is 13.3. The van der Waals surface area contributed by atoms with Gasteiger partial charge in [0.05, 0.1) is 26.0 Å². The highest BCUT2D eigenvalue weighted by atomic mass is 19.4. The van der Waals surface area contributed by atoms with Gasteiger partial charge in [0.25, 0.3) is 0 Å². The second-order valence-corrected chi connectivity index (χ2v) is 9.43. The summed E-state index contributed by atoms with van der Waals surface area (Å²) in [5.74, 6) is -0.131. The third kappa shape index (κ3) is 5.76. The van der Waals surface area contributed by atoms with E-state index in [9.17, 15) is 28.2 Å². The second-order valence-electron chi connectivity index (χ2n) is 9.43. The van der Waals surface area contributed by atoms with E-state index in [0.29, 0.717) is 23.3 Å². The fourth-order valence-corrected chi connectivity index (χ4v) is 4.00. The molecule has 1 unspecified atom stereocenters. The van der Waals surface area contributed by atoms with Crippen LogP contribution in [0.2, 0.25) is 0 Å². The topological polar surface area (TPSA) is 100 Å². The first-order chi connectivity index (χ1) is 16.3. The number of carbonyl (C=O) groups excluding carboxylic acids is 1. The Balaban J connectivity index is 1.87. The number of methoxy groups -OCH3 is 2. The van der Waals surface area contributed by atoms with Crippen LogP contribution in [0, 0.1) is 5.92 Å². The van der Waals surface area contributed by atoms with Crippen LogP contribution in [0.5, 0.6) is 11.5 Å². The minimum absolute atomic E-state index is 0.0552. The smallest absolute Gasteiger partial charge is 0.418 e. The number of nitrogens with zero attached hydrogens (tertiary/aromatic N) is 1. The van der Waals surface area contributed by atoms with Gasteiger partial charge in [-0.3, -0.25) is 0 Å². The van der Waals surface area contributed by atoms with Crippen LogP contribution in [0.3, 0.4) is 0 Å². The summed E-state index contributed by atoms with van der Waals surface area (Å²) in [6.45, 7) is 5.36. The van der Waals surface area contributed by atoms with E-state index < -0.39 is 41.3 Å². The fourth-order valence-electron chi connectivity index (χ4n) is 4.00. The minimum Gasteiger partial charge on any atom is -0.497 e. The summed E-state index contributed by atoms with van der Waals surface area (Å²) < 4.78 is 50.3. The van der Waals surface area contributed by atoms with Gasteiger partial charge in [-0.2, -0.15) is 13.2 Å². The molecule has 0 spiro atoms. The number of anilines is 1. The Hall–Kier alpha value is -3.11. The number of urea groups is 1. The van der Waals surface area contributed by atoms with E-state index >= 15 is 0 Å². The van der Waals surface area contributed by atoms with E-state index in [-0.39, 0.29) is 11.4 Å². The number of ether oxygens (including phenoxy) is 2. The zero-order valence-electron chi connectivity index (χ0n) is 20.1. The van der Waals surface area contributed by atoms with Gasteiger partial charge in [0.1, 0.15) is 11.5 Å². The van der Waals surface area contributed by atoms with Crippen LogP contribution in [-0.4, -0.2) is 42.9 Å². The normalized spacial score (nSPS) is 18.9. The Labute approximate surface area is 201 Å². The summed E-state index contributed by atoms with van der Waals surface area (Å²) in [5.41, 5.74) is 0.886.